The number of hydrogen-bond acceptors (Lipinski definition) is 4. The predicted molar refractivity (Wildman–Crippen MR) is 84.0 cm³/mol. The van der Waals surface area contributed by atoms with Crippen LogP contribution in [0.25, 0.3) is 11.1 Å². The monoisotopic (exact) mass is 324 g/mol. The fraction of sp³-hybridized carbons (Fsp3) is 0.222. The van der Waals surface area contributed by atoms with E-state index < -0.39 is 17.5 Å². The number of anilines is 1. The summed E-state index contributed by atoms with van der Waals surface area (Å²) in [5, 5.41) is 11.8. The quantitative estimate of drug-likeness (QED) is 0.793. The molecule has 5 nitrogen and oxygen atoms in total. The summed E-state index contributed by atoms with van der Waals surface area (Å²) in [6.45, 7) is 3.76. The van der Waals surface area contributed by atoms with E-state index in [1.807, 2.05) is 6.07 Å². The summed E-state index contributed by atoms with van der Waals surface area (Å²) < 4.78 is 25.2. The highest BCUT2D eigenvalue weighted by atomic mass is 19.1. The molecule has 0 bridgehead atoms. The summed E-state index contributed by atoms with van der Waals surface area (Å²) in [6, 6.07) is 8.30. The minimum Gasteiger partial charge on any atom is -0.485 e. The minimum absolute atomic E-state index is 0.139. The molecular formula is C18H13FN2O3. The molecule has 0 atom stereocenters. The van der Waals surface area contributed by atoms with Gasteiger partial charge >= 0.3 is 6.09 Å². The molecule has 24 heavy (non-hydrogen) atoms. The molecule has 0 aromatic heterocycles. The lowest BCUT2D eigenvalue weighted by molar-refractivity contribution is 0.0405. The van der Waals surface area contributed by atoms with Gasteiger partial charge in [0.1, 0.15) is 12.2 Å². The molecular weight excluding hydrogens is 311 g/mol. The third-order valence-electron chi connectivity index (χ3n) is 4.32. The fourth-order valence-corrected chi connectivity index (χ4v) is 3.41. The third kappa shape index (κ3) is 1.95. The normalized spacial score (nSPS) is 16.5. The van der Waals surface area contributed by atoms with Crippen LogP contribution in [0.3, 0.4) is 0 Å². The van der Waals surface area contributed by atoms with Gasteiger partial charge in [0.15, 0.2) is 11.6 Å². The van der Waals surface area contributed by atoms with Crippen LogP contribution in [0.15, 0.2) is 24.3 Å². The van der Waals surface area contributed by atoms with E-state index in [1.165, 1.54) is 0 Å². The van der Waals surface area contributed by atoms with E-state index in [2.05, 4.69) is 5.32 Å². The first-order valence-corrected chi connectivity index (χ1v) is 7.44. The maximum Gasteiger partial charge on any atom is 0.412 e. The van der Waals surface area contributed by atoms with Crippen LogP contribution in [-0.2, 0) is 16.9 Å². The van der Waals surface area contributed by atoms with Crippen LogP contribution in [0.4, 0.5) is 14.9 Å². The Kier molecular flexibility index (Phi) is 2.85. The highest BCUT2D eigenvalue weighted by molar-refractivity contribution is 5.91. The van der Waals surface area contributed by atoms with Crippen LogP contribution in [0.5, 0.6) is 5.75 Å². The van der Waals surface area contributed by atoms with Gasteiger partial charge in [-0.15, -0.1) is 0 Å². The lowest BCUT2D eigenvalue weighted by atomic mass is 9.84. The zero-order valence-corrected chi connectivity index (χ0v) is 13.1. The first-order chi connectivity index (χ1) is 11.4. The van der Waals surface area contributed by atoms with Crippen LogP contribution in [0.2, 0.25) is 0 Å². The van der Waals surface area contributed by atoms with Gasteiger partial charge in [0.25, 0.3) is 0 Å². The van der Waals surface area contributed by atoms with Gasteiger partial charge in [0.05, 0.1) is 17.3 Å². The fourth-order valence-electron chi connectivity index (χ4n) is 3.41. The zero-order chi connectivity index (χ0) is 17.1. The highest BCUT2D eigenvalue weighted by Crippen LogP contribution is 2.47. The first kappa shape index (κ1) is 14.5. The predicted octanol–water partition coefficient (Wildman–Crippen LogP) is 4.05. The largest absolute Gasteiger partial charge is 0.485 e. The first-order valence-electron chi connectivity index (χ1n) is 7.44. The van der Waals surface area contributed by atoms with Crippen LogP contribution >= 0.6 is 0 Å². The molecule has 4 rings (SSSR count). The van der Waals surface area contributed by atoms with Crippen molar-refractivity contribution in [2.75, 3.05) is 5.32 Å². The molecule has 1 amide bonds. The Bertz CT molecular complexity index is 944. The molecule has 1 N–H and O–H groups in total. The molecule has 2 aromatic carbocycles. The smallest absolute Gasteiger partial charge is 0.412 e. The average molecular weight is 324 g/mol. The van der Waals surface area contributed by atoms with Gasteiger partial charge in [-0.25, -0.2) is 9.18 Å². The number of fused-ring (bicyclic) bond motifs is 5. The van der Waals surface area contributed by atoms with Gasteiger partial charge in [-0.05, 0) is 37.6 Å². The van der Waals surface area contributed by atoms with Gasteiger partial charge in [0.2, 0.25) is 0 Å². The molecule has 6 heteroatoms. The lowest BCUT2D eigenvalue weighted by Gasteiger charge is -2.36. The van der Waals surface area contributed by atoms with Crippen molar-refractivity contribution in [1.82, 2.24) is 0 Å². The van der Waals surface area contributed by atoms with Crippen molar-refractivity contribution in [3.8, 4) is 22.9 Å². The second-order valence-electron chi connectivity index (χ2n) is 6.27. The average Bonchev–Trinajstić information content (AvgIpc) is 2.52. The zero-order valence-electron chi connectivity index (χ0n) is 13.1. The van der Waals surface area contributed by atoms with Crippen molar-refractivity contribution in [1.29, 1.82) is 5.26 Å². The number of carbonyl (C=O) groups is 1. The molecule has 0 fully saturated rings. The molecule has 2 aromatic rings. The number of nitriles is 1. The highest BCUT2D eigenvalue weighted by Gasteiger charge is 2.38. The second-order valence-corrected chi connectivity index (χ2v) is 6.27. The van der Waals surface area contributed by atoms with Crippen LogP contribution in [0, 0.1) is 17.1 Å². The van der Waals surface area contributed by atoms with Crippen molar-refractivity contribution in [2.24, 2.45) is 0 Å². The topological polar surface area (TPSA) is 71.3 Å². The Labute approximate surface area is 137 Å². The summed E-state index contributed by atoms with van der Waals surface area (Å²) in [7, 11) is 0. The Hall–Kier alpha value is -3.07. The number of nitrogens with zero attached hydrogens (tertiary/aromatic N) is 1. The second kappa shape index (κ2) is 4.71. The standard InChI is InChI=1S/C18H13FN2O3/c1-18(2)15-12-8-23-16-11(5-9(7-20)6-13(16)19)10(12)3-4-14(15)21-17(22)24-18/h3-6H,8H2,1-2H3,(H,21,22). The van der Waals surface area contributed by atoms with Gasteiger partial charge < -0.3 is 9.47 Å². The van der Waals surface area contributed by atoms with Crippen molar-refractivity contribution in [3.05, 3.63) is 46.8 Å². The Morgan fingerprint density at radius 1 is 1.29 bits per heavy atom. The molecule has 0 saturated carbocycles. The number of amides is 1. The number of benzene rings is 2. The molecule has 0 saturated heterocycles. The number of ether oxygens (including phenoxy) is 2. The molecule has 2 aliphatic heterocycles. The summed E-state index contributed by atoms with van der Waals surface area (Å²) in [5.74, 6) is -0.420. The molecule has 0 radical (unpaired) electrons. The van der Waals surface area contributed by atoms with Crippen LogP contribution < -0.4 is 10.1 Å². The molecule has 0 spiro atoms. The van der Waals surface area contributed by atoms with E-state index >= 15 is 0 Å². The number of halogens is 1. The molecule has 120 valence electrons. The van der Waals surface area contributed by atoms with E-state index in [1.54, 1.807) is 32.0 Å². The van der Waals surface area contributed by atoms with Crippen molar-refractivity contribution < 1.29 is 18.7 Å². The van der Waals surface area contributed by atoms with Gasteiger partial charge in [0, 0.05) is 16.7 Å². The molecule has 0 aliphatic carbocycles. The maximum atomic E-state index is 14.2. The number of rotatable bonds is 0. The summed E-state index contributed by atoms with van der Waals surface area (Å²) in [6.07, 6.45) is -0.512. The summed E-state index contributed by atoms with van der Waals surface area (Å²) in [4.78, 5) is 11.7. The van der Waals surface area contributed by atoms with E-state index in [9.17, 15) is 9.18 Å². The van der Waals surface area contributed by atoms with Crippen molar-refractivity contribution >= 4 is 11.8 Å². The summed E-state index contributed by atoms with van der Waals surface area (Å²) >= 11 is 0. The van der Waals surface area contributed by atoms with Crippen molar-refractivity contribution in [3.63, 3.8) is 0 Å². The van der Waals surface area contributed by atoms with E-state index in [-0.39, 0.29) is 17.9 Å². The maximum absolute atomic E-state index is 14.2. The molecule has 2 aliphatic rings. The van der Waals surface area contributed by atoms with Gasteiger partial charge in [-0.1, -0.05) is 6.07 Å². The number of hydrogen-bond donors (Lipinski definition) is 1. The Morgan fingerprint density at radius 2 is 2.08 bits per heavy atom. The van der Waals surface area contributed by atoms with E-state index in [0.29, 0.717) is 11.3 Å². The summed E-state index contributed by atoms with van der Waals surface area (Å²) in [5.41, 5.74) is 2.97. The van der Waals surface area contributed by atoms with Gasteiger partial charge in [-0.2, -0.15) is 5.26 Å². The number of carbonyl (C=O) groups excluding carboxylic acids is 1. The SMILES string of the molecule is CC1(C)OC(=O)Nc2ccc3c(c21)COc1c(F)cc(C#N)cc1-3. The number of cyclic esters (lactones) is 1. The lowest BCUT2D eigenvalue weighted by Crippen LogP contribution is -2.36. The molecule has 2 heterocycles. The van der Waals surface area contributed by atoms with Crippen molar-refractivity contribution in [2.45, 2.75) is 26.1 Å². The Balaban J connectivity index is 2.00. The number of nitrogens with one attached hydrogen (secondary N) is 1. The van der Waals surface area contributed by atoms with Crippen LogP contribution in [-0.4, -0.2) is 6.09 Å². The van der Waals surface area contributed by atoms with Gasteiger partial charge in [-0.3, -0.25) is 5.32 Å². The third-order valence-corrected chi connectivity index (χ3v) is 4.32. The van der Waals surface area contributed by atoms with E-state index in [4.69, 9.17) is 14.7 Å². The minimum atomic E-state index is -0.838. The van der Waals surface area contributed by atoms with E-state index in [0.717, 1.165) is 22.8 Å². The van der Waals surface area contributed by atoms with Crippen LogP contribution in [0.1, 0.15) is 30.5 Å². The Morgan fingerprint density at radius 3 is 2.83 bits per heavy atom. The molecule has 0 unspecified atom stereocenters.